The van der Waals surface area contributed by atoms with Gasteiger partial charge in [0.2, 0.25) is 0 Å². The normalized spacial score (nSPS) is 22.5. The van der Waals surface area contributed by atoms with Gasteiger partial charge in [0.1, 0.15) is 5.82 Å². The largest absolute Gasteiger partial charge is 0.335 e. The van der Waals surface area contributed by atoms with Gasteiger partial charge in [0.25, 0.3) is 0 Å². The van der Waals surface area contributed by atoms with Crippen LogP contribution in [0, 0.1) is 5.92 Å². The highest BCUT2D eigenvalue weighted by Crippen LogP contribution is 2.26. The summed E-state index contributed by atoms with van der Waals surface area (Å²) in [6, 6.07) is 0.285. The smallest absolute Gasteiger partial charge is 0.110 e. The fraction of sp³-hybridized carbons (Fsp3) is 0.750. The molecule has 0 bridgehead atoms. The van der Waals surface area contributed by atoms with Crippen LogP contribution >= 0.6 is 11.8 Å². The van der Waals surface area contributed by atoms with Crippen LogP contribution in [0.3, 0.4) is 0 Å². The molecule has 0 saturated carbocycles. The number of thioether (sulfide) groups is 1. The highest BCUT2D eigenvalue weighted by molar-refractivity contribution is 7.99. The van der Waals surface area contributed by atoms with Gasteiger partial charge in [0.15, 0.2) is 0 Å². The first-order valence-electron chi connectivity index (χ1n) is 6.14. The third-order valence-electron chi connectivity index (χ3n) is 3.25. The zero-order valence-electron chi connectivity index (χ0n) is 9.93. The molecule has 2 heterocycles. The number of nitrogens with zero attached hydrogens (tertiary/aromatic N) is 2. The molecule has 2 rings (SSSR count). The fourth-order valence-corrected chi connectivity index (χ4v) is 3.60. The summed E-state index contributed by atoms with van der Waals surface area (Å²) in [5, 5.41) is 0. The molecule has 1 aliphatic heterocycles. The minimum atomic E-state index is 0.285. The first-order chi connectivity index (χ1) is 7.81. The number of imidazole rings is 1. The molecule has 1 aliphatic rings. The Labute approximate surface area is 102 Å². The number of aromatic nitrogens is 2. The first kappa shape index (κ1) is 12.0. The molecule has 0 spiro atoms. The number of aryl methyl sites for hydroxylation is 1. The molecule has 4 heteroatoms. The molecule has 1 fully saturated rings. The van der Waals surface area contributed by atoms with Crippen LogP contribution in [0.1, 0.15) is 25.6 Å². The Morgan fingerprint density at radius 2 is 2.56 bits per heavy atom. The quantitative estimate of drug-likeness (QED) is 0.853. The molecule has 2 atom stereocenters. The van der Waals surface area contributed by atoms with E-state index in [4.69, 9.17) is 5.73 Å². The lowest BCUT2D eigenvalue weighted by atomic mass is 9.97. The summed E-state index contributed by atoms with van der Waals surface area (Å²) in [4.78, 5) is 4.42. The second-order valence-corrected chi connectivity index (χ2v) is 5.68. The van der Waals surface area contributed by atoms with Crippen molar-refractivity contribution in [3.05, 3.63) is 18.2 Å². The summed E-state index contributed by atoms with van der Waals surface area (Å²) >= 11 is 2.03. The van der Waals surface area contributed by atoms with Gasteiger partial charge in [-0.25, -0.2) is 4.98 Å². The Balaban J connectivity index is 1.94. The van der Waals surface area contributed by atoms with Gasteiger partial charge in [-0.15, -0.1) is 0 Å². The lowest BCUT2D eigenvalue weighted by Gasteiger charge is -2.18. The summed E-state index contributed by atoms with van der Waals surface area (Å²) in [5.41, 5.74) is 6.27. The van der Waals surface area contributed by atoms with E-state index >= 15 is 0 Å². The minimum Gasteiger partial charge on any atom is -0.335 e. The average molecular weight is 239 g/mol. The van der Waals surface area contributed by atoms with E-state index in [1.165, 1.54) is 17.9 Å². The van der Waals surface area contributed by atoms with Crippen molar-refractivity contribution in [2.24, 2.45) is 11.7 Å². The fourth-order valence-electron chi connectivity index (χ4n) is 2.24. The van der Waals surface area contributed by atoms with Crippen LogP contribution in [0.25, 0.3) is 0 Å². The van der Waals surface area contributed by atoms with Gasteiger partial charge >= 0.3 is 0 Å². The van der Waals surface area contributed by atoms with Crippen molar-refractivity contribution in [1.29, 1.82) is 0 Å². The third kappa shape index (κ3) is 2.80. The zero-order chi connectivity index (χ0) is 11.4. The van der Waals surface area contributed by atoms with E-state index in [2.05, 4.69) is 22.7 Å². The van der Waals surface area contributed by atoms with Crippen LogP contribution in [0.15, 0.2) is 12.4 Å². The minimum absolute atomic E-state index is 0.285. The van der Waals surface area contributed by atoms with Crippen molar-refractivity contribution in [3.63, 3.8) is 0 Å². The van der Waals surface area contributed by atoms with Crippen LogP contribution in [0.2, 0.25) is 0 Å². The number of hydrogen-bond donors (Lipinski definition) is 1. The maximum Gasteiger partial charge on any atom is 0.110 e. The summed E-state index contributed by atoms with van der Waals surface area (Å²) in [6.07, 6.45) is 7.31. The van der Waals surface area contributed by atoms with Gasteiger partial charge in [-0.1, -0.05) is 6.92 Å². The molecule has 1 aromatic rings. The summed E-state index contributed by atoms with van der Waals surface area (Å²) in [7, 11) is 0. The predicted molar refractivity (Wildman–Crippen MR) is 69.6 cm³/mol. The third-order valence-corrected chi connectivity index (χ3v) is 4.44. The molecule has 0 aliphatic carbocycles. The molecular formula is C12H21N3S. The molecule has 90 valence electrons. The van der Waals surface area contributed by atoms with E-state index < -0.39 is 0 Å². The Hall–Kier alpha value is -0.480. The van der Waals surface area contributed by atoms with Crippen molar-refractivity contribution in [3.8, 4) is 0 Å². The molecule has 16 heavy (non-hydrogen) atoms. The monoisotopic (exact) mass is 239 g/mol. The van der Waals surface area contributed by atoms with E-state index in [1.54, 1.807) is 0 Å². The van der Waals surface area contributed by atoms with Crippen LogP contribution in [-0.4, -0.2) is 27.1 Å². The Morgan fingerprint density at radius 3 is 3.25 bits per heavy atom. The van der Waals surface area contributed by atoms with Gasteiger partial charge in [-0.3, -0.25) is 0 Å². The van der Waals surface area contributed by atoms with Crippen LogP contribution in [-0.2, 0) is 13.0 Å². The Bertz CT molecular complexity index is 318. The second-order valence-electron chi connectivity index (χ2n) is 4.53. The molecular weight excluding hydrogens is 218 g/mol. The van der Waals surface area contributed by atoms with Crippen molar-refractivity contribution < 1.29 is 0 Å². The number of nitrogens with two attached hydrogens (primary N) is 1. The second kappa shape index (κ2) is 5.73. The number of rotatable bonds is 5. The molecule has 0 aromatic carbocycles. The highest BCUT2D eigenvalue weighted by Gasteiger charge is 2.23. The van der Waals surface area contributed by atoms with Gasteiger partial charge in [0, 0.05) is 31.4 Å². The zero-order valence-corrected chi connectivity index (χ0v) is 10.7. The highest BCUT2D eigenvalue weighted by atomic mass is 32.2. The van der Waals surface area contributed by atoms with Crippen LogP contribution in [0.5, 0.6) is 0 Å². The average Bonchev–Trinajstić information content (AvgIpc) is 2.90. The maximum absolute atomic E-state index is 6.27. The molecule has 0 amide bonds. The molecule has 3 nitrogen and oxygen atoms in total. The van der Waals surface area contributed by atoms with Crippen molar-refractivity contribution in [2.75, 3.05) is 11.5 Å². The van der Waals surface area contributed by atoms with E-state index in [1.807, 2.05) is 18.0 Å². The Kier molecular flexibility index (Phi) is 4.29. The first-order valence-corrected chi connectivity index (χ1v) is 7.30. The van der Waals surface area contributed by atoms with E-state index in [0.717, 1.165) is 25.2 Å². The summed E-state index contributed by atoms with van der Waals surface area (Å²) < 4.78 is 2.24. The van der Waals surface area contributed by atoms with Crippen LogP contribution < -0.4 is 5.73 Å². The number of hydrogen-bond acceptors (Lipinski definition) is 3. The van der Waals surface area contributed by atoms with E-state index in [-0.39, 0.29) is 6.04 Å². The molecule has 1 aromatic heterocycles. The lowest BCUT2D eigenvalue weighted by molar-refractivity contribution is 0.446. The topological polar surface area (TPSA) is 43.8 Å². The molecule has 2 unspecified atom stereocenters. The SMILES string of the molecule is CCCn1ccnc1CC(N)C1CCSC1. The van der Waals surface area contributed by atoms with E-state index in [0.29, 0.717) is 5.92 Å². The van der Waals surface area contributed by atoms with Crippen molar-refractivity contribution >= 4 is 11.8 Å². The van der Waals surface area contributed by atoms with Gasteiger partial charge in [-0.05, 0) is 30.3 Å². The van der Waals surface area contributed by atoms with E-state index in [9.17, 15) is 0 Å². The Morgan fingerprint density at radius 1 is 1.69 bits per heavy atom. The molecule has 2 N–H and O–H groups in total. The summed E-state index contributed by atoms with van der Waals surface area (Å²) in [6.45, 7) is 3.25. The standard InChI is InChI=1S/C12H21N3S/c1-2-5-15-6-4-14-12(15)8-11(13)10-3-7-16-9-10/h4,6,10-11H,2-3,5,7-9,13H2,1H3. The van der Waals surface area contributed by atoms with Crippen LogP contribution in [0.4, 0.5) is 0 Å². The molecule has 0 radical (unpaired) electrons. The van der Waals surface area contributed by atoms with Crippen molar-refractivity contribution in [2.45, 2.75) is 38.8 Å². The van der Waals surface area contributed by atoms with Gasteiger partial charge in [0.05, 0.1) is 0 Å². The van der Waals surface area contributed by atoms with Gasteiger partial charge in [-0.2, -0.15) is 11.8 Å². The predicted octanol–water partition coefficient (Wildman–Crippen LogP) is 1.92. The molecule has 1 saturated heterocycles. The lowest BCUT2D eigenvalue weighted by Crippen LogP contribution is -2.33. The van der Waals surface area contributed by atoms with Gasteiger partial charge < -0.3 is 10.3 Å². The maximum atomic E-state index is 6.27. The summed E-state index contributed by atoms with van der Waals surface area (Å²) in [5.74, 6) is 4.36. The van der Waals surface area contributed by atoms with Crippen molar-refractivity contribution in [1.82, 2.24) is 9.55 Å².